The molecule has 0 aromatic heterocycles. The number of carboxylic acid groups (broad SMARTS) is 1. The Morgan fingerprint density at radius 2 is 1.82 bits per heavy atom. The maximum Gasteiger partial charge on any atom is 0.314 e. The zero-order valence-electron chi connectivity index (χ0n) is 13.1. The first-order valence-corrected chi connectivity index (χ1v) is 8.24. The molecule has 0 heterocycles. The molecule has 4 nitrogen and oxygen atoms in total. The molecule has 3 rings (SSSR count). The molecular formula is C18H24O4. The highest BCUT2D eigenvalue weighted by molar-refractivity contribution is 5.82. The van der Waals surface area contributed by atoms with Gasteiger partial charge in [0, 0.05) is 0 Å². The lowest BCUT2D eigenvalue weighted by Gasteiger charge is -2.25. The molecule has 0 bridgehead atoms. The molecule has 22 heavy (non-hydrogen) atoms. The second-order valence-electron chi connectivity index (χ2n) is 6.48. The van der Waals surface area contributed by atoms with Crippen molar-refractivity contribution in [3.8, 4) is 11.5 Å². The van der Waals surface area contributed by atoms with Gasteiger partial charge in [-0.2, -0.15) is 0 Å². The fraction of sp³-hybridized carbons (Fsp3) is 0.611. The molecule has 0 atom stereocenters. The average Bonchev–Trinajstić information content (AvgIpc) is 3.19. The smallest absolute Gasteiger partial charge is 0.314 e. The van der Waals surface area contributed by atoms with Crippen molar-refractivity contribution in [1.82, 2.24) is 0 Å². The molecule has 2 fully saturated rings. The first-order chi connectivity index (χ1) is 10.7. The minimum Gasteiger partial charge on any atom is -0.493 e. The molecule has 0 unspecified atom stereocenters. The van der Waals surface area contributed by atoms with Gasteiger partial charge < -0.3 is 14.6 Å². The maximum absolute atomic E-state index is 11.8. The van der Waals surface area contributed by atoms with Gasteiger partial charge in [-0.25, -0.2) is 0 Å². The van der Waals surface area contributed by atoms with E-state index in [1.165, 1.54) is 12.8 Å². The van der Waals surface area contributed by atoms with Crippen LogP contribution in [0, 0.1) is 0 Å². The molecule has 1 aromatic carbocycles. The van der Waals surface area contributed by atoms with Gasteiger partial charge in [-0.05, 0) is 56.2 Å². The molecule has 0 radical (unpaired) electrons. The van der Waals surface area contributed by atoms with E-state index in [0.717, 1.165) is 37.0 Å². The summed E-state index contributed by atoms with van der Waals surface area (Å²) in [6, 6.07) is 5.66. The Morgan fingerprint density at radius 3 is 2.41 bits per heavy atom. The first kappa shape index (κ1) is 15.2. The highest BCUT2D eigenvalue weighted by atomic mass is 16.5. The summed E-state index contributed by atoms with van der Waals surface area (Å²) in [4.78, 5) is 11.8. The van der Waals surface area contributed by atoms with Crippen molar-refractivity contribution in [1.29, 1.82) is 0 Å². The number of benzene rings is 1. The van der Waals surface area contributed by atoms with E-state index in [2.05, 4.69) is 0 Å². The second kappa shape index (κ2) is 6.19. The summed E-state index contributed by atoms with van der Waals surface area (Å²) >= 11 is 0. The lowest BCUT2D eigenvalue weighted by Crippen LogP contribution is -2.32. The number of ether oxygens (including phenoxy) is 2. The van der Waals surface area contributed by atoms with E-state index in [1.807, 2.05) is 18.2 Å². The van der Waals surface area contributed by atoms with Crippen LogP contribution in [0.4, 0.5) is 0 Å². The summed E-state index contributed by atoms with van der Waals surface area (Å²) in [6.45, 7) is 0. The molecule has 0 saturated heterocycles. The van der Waals surface area contributed by atoms with Crippen LogP contribution in [0.3, 0.4) is 0 Å². The van der Waals surface area contributed by atoms with Gasteiger partial charge >= 0.3 is 5.97 Å². The number of aliphatic carboxylic acids is 1. The third-order valence-electron chi connectivity index (χ3n) is 5.18. The lowest BCUT2D eigenvalue weighted by atomic mass is 9.79. The van der Waals surface area contributed by atoms with Gasteiger partial charge in [0.15, 0.2) is 11.5 Å². The number of rotatable bonds is 5. The molecule has 0 aliphatic heterocycles. The normalized spacial score (nSPS) is 21.0. The van der Waals surface area contributed by atoms with Gasteiger partial charge in [-0.15, -0.1) is 0 Å². The van der Waals surface area contributed by atoms with Gasteiger partial charge in [0.2, 0.25) is 0 Å². The Hall–Kier alpha value is -1.71. The molecule has 4 heteroatoms. The van der Waals surface area contributed by atoms with Crippen molar-refractivity contribution in [2.24, 2.45) is 0 Å². The summed E-state index contributed by atoms with van der Waals surface area (Å²) in [5.41, 5.74) is 0.0900. The van der Waals surface area contributed by atoms with E-state index in [0.29, 0.717) is 18.6 Å². The summed E-state index contributed by atoms with van der Waals surface area (Å²) < 4.78 is 11.5. The minimum atomic E-state index is -0.751. The Balaban J connectivity index is 1.88. The number of hydrogen-bond acceptors (Lipinski definition) is 3. The lowest BCUT2D eigenvalue weighted by molar-refractivity contribution is -0.143. The Kier molecular flexibility index (Phi) is 4.27. The summed E-state index contributed by atoms with van der Waals surface area (Å²) in [7, 11) is 1.61. The van der Waals surface area contributed by atoms with Gasteiger partial charge in [0.1, 0.15) is 0 Å². The fourth-order valence-corrected chi connectivity index (χ4v) is 3.85. The largest absolute Gasteiger partial charge is 0.493 e. The highest BCUT2D eigenvalue weighted by Crippen LogP contribution is 2.44. The van der Waals surface area contributed by atoms with Crippen LogP contribution in [0.2, 0.25) is 0 Å². The molecule has 2 aliphatic carbocycles. The standard InChI is InChI=1S/C18H24O4/c1-21-16-12-13(18(17(19)20)10-4-5-11-18)8-9-15(16)22-14-6-2-3-7-14/h8-9,12,14H,2-7,10-11H2,1H3,(H,19,20). The summed E-state index contributed by atoms with van der Waals surface area (Å²) in [6.07, 6.45) is 8.21. The predicted molar refractivity (Wildman–Crippen MR) is 83.7 cm³/mol. The zero-order valence-corrected chi connectivity index (χ0v) is 13.1. The van der Waals surface area contributed by atoms with Crippen LogP contribution in [-0.2, 0) is 10.2 Å². The van der Waals surface area contributed by atoms with Gasteiger partial charge in [0.25, 0.3) is 0 Å². The number of hydrogen-bond donors (Lipinski definition) is 1. The number of carbonyl (C=O) groups is 1. The SMILES string of the molecule is COc1cc(C2(C(=O)O)CCCC2)ccc1OC1CCCC1. The van der Waals surface area contributed by atoms with E-state index < -0.39 is 11.4 Å². The Bertz CT molecular complexity index is 540. The molecular weight excluding hydrogens is 280 g/mol. The van der Waals surface area contributed by atoms with E-state index >= 15 is 0 Å². The summed E-state index contributed by atoms with van der Waals surface area (Å²) in [5, 5.41) is 9.71. The third kappa shape index (κ3) is 2.67. The van der Waals surface area contributed by atoms with Crippen molar-refractivity contribution in [2.75, 3.05) is 7.11 Å². The van der Waals surface area contributed by atoms with Crippen LogP contribution in [0.5, 0.6) is 11.5 Å². The number of carboxylic acids is 1. The zero-order chi connectivity index (χ0) is 15.6. The molecule has 2 saturated carbocycles. The van der Waals surface area contributed by atoms with E-state index in [1.54, 1.807) is 7.11 Å². The van der Waals surface area contributed by atoms with Crippen LogP contribution in [0.1, 0.15) is 56.9 Å². The molecule has 2 aliphatic rings. The monoisotopic (exact) mass is 304 g/mol. The first-order valence-electron chi connectivity index (χ1n) is 8.24. The third-order valence-corrected chi connectivity index (χ3v) is 5.18. The molecule has 1 N–H and O–H groups in total. The van der Waals surface area contributed by atoms with Crippen molar-refractivity contribution in [3.63, 3.8) is 0 Å². The van der Waals surface area contributed by atoms with Crippen LogP contribution >= 0.6 is 0 Å². The van der Waals surface area contributed by atoms with E-state index in [-0.39, 0.29) is 6.10 Å². The highest BCUT2D eigenvalue weighted by Gasteiger charge is 2.43. The minimum absolute atomic E-state index is 0.264. The Morgan fingerprint density at radius 1 is 1.14 bits per heavy atom. The van der Waals surface area contributed by atoms with E-state index in [9.17, 15) is 9.90 Å². The fourth-order valence-electron chi connectivity index (χ4n) is 3.85. The van der Waals surface area contributed by atoms with Crippen molar-refractivity contribution >= 4 is 5.97 Å². The van der Waals surface area contributed by atoms with Crippen molar-refractivity contribution < 1.29 is 19.4 Å². The quantitative estimate of drug-likeness (QED) is 0.896. The molecule has 1 aromatic rings. The molecule has 0 spiro atoms. The van der Waals surface area contributed by atoms with Crippen molar-refractivity contribution in [3.05, 3.63) is 23.8 Å². The van der Waals surface area contributed by atoms with E-state index in [4.69, 9.17) is 9.47 Å². The second-order valence-corrected chi connectivity index (χ2v) is 6.48. The molecule has 120 valence electrons. The van der Waals surface area contributed by atoms with Crippen LogP contribution in [-0.4, -0.2) is 24.3 Å². The average molecular weight is 304 g/mol. The predicted octanol–water partition coefficient (Wildman–Crippen LogP) is 3.91. The van der Waals surface area contributed by atoms with Crippen LogP contribution in [0.15, 0.2) is 18.2 Å². The molecule has 0 amide bonds. The maximum atomic E-state index is 11.8. The topological polar surface area (TPSA) is 55.8 Å². The van der Waals surface area contributed by atoms with Crippen LogP contribution in [0.25, 0.3) is 0 Å². The number of methoxy groups -OCH3 is 1. The van der Waals surface area contributed by atoms with Gasteiger partial charge in [0.05, 0.1) is 18.6 Å². The van der Waals surface area contributed by atoms with Gasteiger partial charge in [-0.1, -0.05) is 18.9 Å². The van der Waals surface area contributed by atoms with Crippen molar-refractivity contribution in [2.45, 2.75) is 62.9 Å². The Labute approximate surface area is 131 Å². The van der Waals surface area contributed by atoms with Gasteiger partial charge in [-0.3, -0.25) is 4.79 Å². The van der Waals surface area contributed by atoms with Crippen LogP contribution < -0.4 is 9.47 Å². The summed E-state index contributed by atoms with van der Waals surface area (Å²) in [5.74, 6) is 0.658.